The molecule has 0 aromatic carbocycles. The normalized spacial score (nSPS) is 17.5. The Bertz CT molecular complexity index is 1090. The lowest BCUT2D eigenvalue weighted by molar-refractivity contribution is 0.0527. The van der Waals surface area contributed by atoms with Gasteiger partial charge in [-0.15, -0.1) is 11.3 Å². The Kier molecular flexibility index (Phi) is 6.23. The van der Waals surface area contributed by atoms with Crippen LogP contribution in [0.15, 0.2) is 22.5 Å². The number of carbonyl (C=O) groups is 2. The number of sulfonamides is 1. The maximum Gasteiger partial charge on any atom is 0.341 e. The molecule has 1 aliphatic carbocycles. The minimum absolute atomic E-state index is 0.109. The lowest BCUT2D eigenvalue weighted by Gasteiger charge is -2.25. The molecular formula is C21H27N3O5S2. The fourth-order valence-corrected chi connectivity index (χ4v) is 6.51. The highest BCUT2D eigenvalue weighted by Gasteiger charge is 2.33. The number of rotatable bonds is 7. The van der Waals surface area contributed by atoms with Crippen LogP contribution >= 0.6 is 11.3 Å². The molecule has 0 spiro atoms. The van der Waals surface area contributed by atoms with Crippen molar-refractivity contribution in [3.63, 3.8) is 0 Å². The zero-order valence-electron chi connectivity index (χ0n) is 17.7. The summed E-state index contributed by atoms with van der Waals surface area (Å²) in [5.41, 5.74) is 1.55. The lowest BCUT2D eigenvalue weighted by atomic mass is 10.1. The van der Waals surface area contributed by atoms with Crippen molar-refractivity contribution in [1.29, 1.82) is 0 Å². The van der Waals surface area contributed by atoms with Gasteiger partial charge in [0.1, 0.15) is 15.6 Å². The van der Waals surface area contributed by atoms with Crippen molar-refractivity contribution < 1.29 is 22.7 Å². The van der Waals surface area contributed by atoms with Crippen LogP contribution in [-0.4, -0.2) is 48.9 Å². The summed E-state index contributed by atoms with van der Waals surface area (Å²) in [6.07, 6.45) is 6.23. The van der Waals surface area contributed by atoms with Gasteiger partial charge in [0.05, 0.1) is 12.2 Å². The molecule has 4 rings (SSSR count). The van der Waals surface area contributed by atoms with E-state index in [1.165, 1.54) is 32.5 Å². The quantitative estimate of drug-likeness (QED) is 0.631. The first kappa shape index (κ1) is 22.0. The summed E-state index contributed by atoms with van der Waals surface area (Å²) in [5.74, 6) is -0.573. The fraction of sp³-hybridized carbons (Fsp3) is 0.524. The van der Waals surface area contributed by atoms with Crippen LogP contribution in [-0.2, 0) is 21.8 Å². The topological polar surface area (TPSA) is 97.7 Å². The van der Waals surface area contributed by atoms with E-state index in [2.05, 4.69) is 5.32 Å². The fourth-order valence-electron chi connectivity index (χ4n) is 3.89. The average molecular weight is 466 g/mol. The van der Waals surface area contributed by atoms with Gasteiger partial charge < -0.3 is 14.6 Å². The summed E-state index contributed by atoms with van der Waals surface area (Å²) < 4.78 is 34.1. The van der Waals surface area contributed by atoms with Crippen LogP contribution in [0.25, 0.3) is 0 Å². The molecule has 1 aliphatic heterocycles. The summed E-state index contributed by atoms with van der Waals surface area (Å²) in [6.45, 7) is 3.00. The highest BCUT2D eigenvalue weighted by atomic mass is 32.2. The van der Waals surface area contributed by atoms with E-state index in [0.29, 0.717) is 29.6 Å². The number of thiophene rings is 1. The van der Waals surface area contributed by atoms with Crippen molar-refractivity contribution in [3.05, 3.63) is 34.5 Å². The van der Waals surface area contributed by atoms with Gasteiger partial charge in [0, 0.05) is 26.3 Å². The number of nitrogens with zero attached hydrogens (tertiary/aromatic N) is 2. The number of piperidine rings is 1. The Morgan fingerprint density at radius 1 is 1.23 bits per heavy atom. The predicted molar refractivity (Wildman–Crippen MR) is 118 cm³/mol. The average Bonchev–Trinajstić information content (AvgIpc) is 3.39. The Hall–Kier alpha value is -2.17. The van der Waals surface area contributed by atoms with E-state index >= 15 is 0 Å². The number of carbonyl (C=O) groups excluding carboxylic acids is 2. The summed E-state index contributed by atoms with van der Waals surface area (Å²) in [4.78, 5) is 25.6. The summed E-state index contributed by atoms with van der Waals surface area (Å²) in [7, 11) is -2.00. The van der Waals surface area contributed by atoms with E-state index in [9.17, 15) is 18.0 Å². The van der Waals surface area contributed by atoms with Crippen molar-refractivity contribution in [2.45, 2.75) is 49.8 Å². The van der Waals surface area contributed by atoms with Crippen LogP contribution < -0.4 is 5.32 Å². The van der Waals surface area contributed by atoms with Crippen LogP contribution in [0.1, 0.15) is 71.4 Å². The number of esters is 1. The molecule has 2 fully saturated rings. The summed E-state index contributed by atoms with van der Waals surface area (Å²) in [5, 5.41) is 5.14. The van der Waals surface area contributed by atoms with Gasteiger partial charge in [0.2, 0.25) is 10.0 Å². The van der Waals surface area contributed by atoms with E-state index in [-0.39, 0.29) is 17.2 Å². The van der Waals surface area contributed by atoms with Gasteiger partial charge in [0.25, 0.3) is 5.91 Å². The third kappa shape index (κ3) is 4.42. The molecule has 2 aromatic rings. The molecular weight excluding hydrogens is 438 g/mol. The lowest BCUT2D eigenvalue weighted by Crippen LogP contribution is -2.35. The smallest absolute Gasteiger partial charge is 0.341 e. The number of anilines is 1. The molecule has 168 valence electrons. The van der Waals surface area contributed by atoms with E-state index in [0.717, 1.165) is 37.7 Å². The molecule has 0 atom stereocenters. The maximum absolute atomic E-state index is 13.0. The Labute approximate surface area is 186 Å². The molecule has 0 unspecified atom stereocenters. The second kappa shape index (κ2) is 8.76. The number of aryl methyl sites for hydroxylation is 1. The minimum Gasteiger partial charge on any atom is -0.462 e. The molecule has 31 heavy (non-hydrogen) atoms. The van der Waals surface area contributed by atoms with Gasteiger partial charge in [-0.25, -0.2) is 13.2 Å². The predicted octanol–water partition coefficient (Wildman–Crippen LogP) is 3.57. The van der Waals surface area contributed by atoms with Crippen LogP contribution in [0.3, 0.4) is 0 Å². The third-order valence-corrected chi connectivity index (χ3v) is 8.49. The highest BCUT2D eigenvalue weighted by Crippen LogP contribution is 2.46. The van der Waals surface area contributed by atoms with Crippen molar-refractivity contribution in [2.75, 3.05) is 25.0 Å². The molecule has 0 bridgehead atoms. The minimum atomic E-state index is -3.64. The van der Waals surface area contributed by atoms with Gasteiger partial charge in [-0.05, 0) is 55.5 Å². The maximum atomic E-state index is 13.0. The highest BCUT2D eigenvalue weighted by molar-refractivity contribution is 7.89. The second-order valence-corrected chi connectivity index (χ2v) is 10.8. The van der Waals surface area contributed by atoms with E-state index in [1.54, 1.807) is 14.0 Å². The van der Waals surface area contributed by atoms with Crippen LogP contribution in [0.2, 0.25) is 0 Å². The van der Waals surface area contributed by atoms with Gasteiger partial charge in [-0.1, -0.05) is 6.42 Å². The molecule has 2 aliphatic rings. The zero-order valence-corrected chi connectivity index (χ0v) is 19.4. The molecule has 10 heteroatoms. The molecule has 3 heterocycles. The molecule has 8 nitrogen and oxygen atoms in total. The molecule has 0 radical (unpaired) electrons. The van der Waals surface area contributed by atoms with Gasteiger partial charge in [-0.3, -0.25) is 4.79 Å². The van der Waals surface area contributed by atoms with Gasteiger partial charge in [0.15, 0.2) is 0 Å². The Balaban J connectivity index is 1.58. The number of amides is 1. The molecule has 1 saturated carbocycles. The number of hydrogen-bond donors (Lipinski definition) is 1. The van der Waals surface area contributed by atoms with Crippen molar-refractivity contribution in [1.82, 2.24) is 8.87 Å². The molecule has 1 amide bonds. The first-order valence-corrected chi connectivity index (χ1v) is 12.9. The van der Waals surface area contributed by atoms with Crippen molar-refractivity contribution in [2.24, 2.45) is 7.05 Å². The van der Waals surface area contributed by atoms with Gasteiger partial charge in [-0.2, -0.15) is 4.31 Å². The first-order valence-electron chi connectivity index (χ1n) is 10.6. The van der Waals surface area contributed by atoms with E-state index < -0.39 is 21.9 Å². The Morgan fingerprint density at radius 2 is 1.94 bits per heavy atom. The van der Waals surface area contributed by atoms with Crippen molar-refractivity contribution >= 4 is 38.2 Å². The van der Waals surface area contributed by atoms with Crippen LogP contribution in [0, 0.1) is 0 Å². The summed E-state index contributed by atoms with van der Waals surface area (Å²) >= 11 is 1.29. The number of aromatic nitrogens is 1. The largest absolute Gasteiger partial charge is 0.462 e. The summed E-state index contributed by atoms with van der Waals surface area (Å²) in [6, 6.07) is 1.40. The first-order chi connectivity index (χ1) is 14.8. The molecule has 1 N–H and O–H groups in total. The number of nitrogens with one attached hydrogen (secondary N) is 1. The standard InChI is InChI=1S/C21H27N3O5S2/c1-3-29-21(26)18-16(14-7-8-14)13-30-20(18)22-19(25)17-11-15(12-23(17)2)31(27,28)24-9-5-4-6-10-24/h11-14H,3-10H2,1-2H3,(H,22,25). The zero-order chi connectivity index (χ0) is 22.2. The van der Waals surface area contributed by atoms with E-state index in [1.807, 2.05) is 5.38 Å². The van der Waals surface area contributed by atoms with Gasteiger partial charge >= 0.3 is 5.97 Å². The van der Waals surface area contributed by atoms with Crippen molar-refractivity contribution in [3.8, 4) is 0 Å². The van der Waals surface area contributed by atoms with Crippen LogP contribution in [0.5, 0.6) is 0 Å². The van der Waals surface area contributed by atoms with Crippen LogP contribution in [0.4, 0.5) is 5.00 Å². The third-order valence-electron chi connectivity index (χ3n) is 5.71. The number of hydrogen-bond acceptors (Lipinski definition) is 6. The molecule has 1 saturated heterocycles. The molecule has 2 aromatic heterocycles. The number of ether oxygens (including phenoxy) is 1. The SMILES string of the molecule is CCOC(=O)c1c(C2CC2)csc1NC(=O)c1cc(S(=O)(=O)N2CCCCC2)cn1C. The Morgan fingerprint density at radius 3 is 2.58 bits per heavy atom. The monoisotopic (exact) mass is 465 g/mol. The second-order valence-electron chi connectivity index (χ2n) is 7.98. The van der Waals surface area contributed by atoms with E-state index in [4.69, 9.17) is 4.74 Å².